The minimum atomic E-state index is -1.32. The molecule has 0 aromatic heterocycles. The second kappa shape index (κ2) is 25.9. The third-order valence-corrected chi connectivity index (χ3v) is 7.58. The number of rotatable bonds is 5. The normalized spacial score (nSPS) is 11.7. The molecule has 19 heteroatoms. The van der Waals surface area contributed by atoms with E-state index in [1.54, 1.807) is 31.2 Å². The van der Waals surface area contributed by atoms with Crippen LogP contribution in [0.3, 0.4) is 0 Å². The summed E-state index contributed by atoms with van der Waals surface area (Å²) in [7, 11) is 0. The standard InChI is InChI=1S/C19H14O6.C15H8O6.C4H8O.I3.I2.HI/c1-2-3-7-25-19(24)10-8-12-16(14(21)9-10)18(23)15-11(17(12)22)5-4-6-13(15)20;16-9-3-1-2-7-11(9)14(19)12-8(13(7)18)4-6(15(20)21)5-10(12)17;1-2-3-4-5;1-3-2;1-2;/h2-6,8-9,20-21H,7H2,1H3;1-5,16-17H,(H,20,21);2-3,5H,4H2,1H3;;;1H/q;;;-1;;/b3-2+;;3-2+;;;. The van der Waals surface area contributed by atoms with Crippen molar-refractivity contribution in [1.29, 1.82) is 0 Å². The van der Waals surface area contributed by atoms with Gasteiger partial charge in [0, 0.05) is 59.5 Å². The SMILES string of the molecule is C/C=C/CO.C/C=C/COC(=O)c1cc(O)c2c(c1)C(=O)c1cccc(O)c1C2=O.I.II.I[I-]I.O=C(O)c1cc(O)c2c(c1)C(=O)c1cccc(O)c1C2=O. The smallest absolute Gasteiger partial charge is 0.335 e. The number of phenols is 4. The molecule has 0 saturated carbocycles. The summed E-state index contributed by atoms with van der Waals surface area (Å²) in [5, 5.41) is 56.6. The van der Waals surface area contributed by atoms with Crippen molar-refractivity contribution in [2.24, 2.45) is 0 Å². The van der Waals surface area contributed by atoms with Gasteiger partial charge in [-0.1, -0.05) is 48.6 Å². The molecule has 0 amide bonds. The number of ketones is 4. The summed E-state index contributed by atoms with van der Waals surface area (Å²) in [5.74, 6) is -6.42. The van der Waals surface area contributed by atoms with E-state index in [-0.39, 0.29) is 104 Å². The molecule has 0 heterocycles. The molecule has 4 aromatic carbocycles. The first-order valence-corrected chi connectivity index (χ1v) is 34.4. The van der Waals surface area contributed by atoms with Crippen LogP contribution in [0.4, 0.5) is 0 Å². The molecular weight excluding hydrogens is 1430 g/mol. The zero-order valence-corrected chi connectivity index (χ0v) is 42.5. The van der Waals surface area contributed by atoms with E-state index in [2.05, 4.69) is 74.5 Å². The second-order valence-electron chi connectivity index (χ2n) is 10.8. The van der Waals surface area contributed by atoms with E-state index in [0.29, 0.717) is 13.3 Å². The molecule has 0 saturated heterocycles. The summed E-state index contributed by atoms with van der Waals surface area (Å²) in [4.78, 5) is 73.0. The number of esters is 1. The summed E-state index contributed by atoms with van der Waals surface area (Å²) in [6.45, 7) is 3.86. The average Bonchev–Trinajstić information content (AvgIpc) is 3.17. The second-order valence-corrected chi connectivity index (χ2v) is 27.1. The van der Waals surface area contributed by atoms with Crippen LogP contribution in [0.5, 0.6) is 23.0 Å². The number of aromatic carboxylic acids is 1. The van der Waals surface area contributed by atoms with Gasteiger partial charge >= 0.3 is 62.4 Å². The van der Waals surface area contributed by atoms with Gasteiger partial charge < -0.3 is 35.4 Å². The Kier molecular flexibility index (Phi) is 23.9. The summed E-state index contributed by atoms with van der Waals surface area (Å²) in [6.07, 6.45) is 6.83. The van der Waals surface area contributed by atoms with E-state index >= 15 is 0 Å². The third-order valence-electron chi connectivity index (χ3n) is 7.58. The molecule has 0 unspecified atom stereocenters. The monoisotopic (exact) mass is 1460 g/mol. The number of aliphatic hydroxyl groups excluding tert-OH is 1. The van der Waals surface area contributed by atoms with E-state index in [0.717, 1.165) is 18.2 Å². The Hall–Kier alpha value is -2.48. The van der Waals surface area contributed by atoms with Gasteiger partial charge in [0.05, 0.1) is 40.0 Å². The topological polar surface area (TPSA) is 233 Å². The van der Waals surface area contributed by atoms with Crippen LogP contribution >= 0.6 is 98.4 Å². The maximum Gasteiger partial charge on any atom is 0.335 e. The van der Waals surface area contributed by atoms with Crippen LogP contribution in [0, 0.1) is 0 Å². The molecule has 0 bridgehead atoms. The fourth-order valence-corrected chi connectivity index (χ4v) is 5.22. The van der Waals surface area contributed by atoms with Crippen LogP contribution < -0.4 is 13.3 Å². The Bertz CT molecular complexity index is 2220. The quantitative estimate of drug-likeness (QED) is 0.0672. The van der Waals surface area contributed by atoms with Crippen molar-refractivity contribution < 1.29 is 77.4 Å². The number of benzene rings is 4. The van der Waals surface area contributed by atoms with E-state index < -0.39 is 46.6 Å². The molecule has 0 atom stereocenters. The van der Waals surface area contributed by atoms with Crippen LogP contribution in [0.1, 0.15) is 98.2 Å². The van der Waals surface area contributed by atoms with Gasteiger partial charge in [-0.2, -0.15) is 0 Å². The largest absolute Gasteiger partial charge is 0.507 e. The number of fused-ring (bicyclic) bond motifs is 4. The summed E-state index contributed by atoms with van der Waals surface area (Å²) < 4.78 is 4.99. The van der Waals surface area contributed by atoms with Gasteiger partial charge in [0.1, 0.15) is 29.6 Å². The number of ether oxygens (including phenoxy) is 1. The number of carbonyl (C=O) groups excluding carboxylic acids is 5. The van der Waals surface area contributed by atoms with Gasteiger partial charge in [0.15, 0.2) is 11.6 Å². The number of carbonyl (C=O) groups is 6. The van der Waals surface area contributed by atoms with Gasteiger partial charge in [-0.05, 0) is 50.2 Å². The third kappa shape index (κ3) is 13.0. The minimum absolute atomic E-state index is 0. The number of carboxylic acid groups (broad SMARTS) is 1. The van der Waals surface area contributed by atoms with Crippen LogP contribution in [0.25, 0.3) is 0 Å². The number of halogens is 6. The maximum atomic E-state index is 12.7. The maximum absolute atomic E-state index is 12.7. The van der Waals surface area contributed by atoms with E-state index in [1.165, 1.54) is 42.5 Å². The zero-order chi connectivity index (χ0) is 42.3. The molecule has 0 aliphatic heterocycles. The average molecular weight is 1460 g/mol. The Morgan fingerprint density at radius 3 is 1.39 bits per heavy atom. The number of allylic oxidation sites excluding steroid dienone is 2. The summed E-state index contributed by atoms with van der Waals surface area (Å²) in [5.41, 5.74) is -1.47. The van der Waals surface area contributed by atoms with Crippen LogP contribution in [0.15, 0.2) is 85.0 Å². The Labute approximate surface area is 396 Å². The van der Waals surface area contributed by atoms with Crippen molar-refractivity contribution in [2.75, 3.05) is 13.2 Å². The molecule has 0 radical (unpaired) electrons. The predicted molar refractivity (Wildman–Crippen MR) is 252 cm³/mol. The fraction of sp³-hybridized carbons (Fsp3) is 0.105. The molecule has 6 rings (SSSR count). The first kappa shape index (κ1) is 52.5. The van der Waals surface area contributed by atoms with Gasteiger partial charge in [-0.15, -0.1) is 24.0 Å². The van der Waals surface area contributed by atoms with E-state index in [1.807, 2.05) is 6.92 Å². The Morgan fingerprint density at radius 1 is 0.632 bits per heavy atom. The van der Waals surface area contributed by atoms with E-state index in [9.17, 15) is 49.2 Å². The summed E-state index contributed by atoms with van der Waals surface area (Å²) >= 11 is 9.54. The number of carboxylic acids is 1. The molecular formula is C38H31I6O13-. The molecule has 4 aromatic rings. The van der Waals surface area contributed by atoms with Crippen molar-refractivity contribution >= 4 is 134 Å². The minimum Gasteiger partial charge on any atom is -0.507 e. The molecule has 2 aliphatic carbocycles. The van der Waals surface area contributed by atoms with Crippen LogP contribution in [0.2, 0.25) is 0 Å². The van der Waals surface area contributed by atoms with Crippen molar-refractivity contribution in [3.63, 3.8) is 0 Å². The first-order chi connectivity index (χ1) is 26.7. The molecule has 57 heavy (non-hydrogen) atoms. The van der Waals surface area contributed by atoms with Crippen molar-refractivity contribution in [1.82, 2.24) is 0 Å². The number of hydrogen-bond donors (Lipinski definition) is 6. The number of aliphatic hydroxyl groups is 1. The van der Waals surface area contributed by atoms with Crippen LogP contribution in [-0.2, 0) is 4.74 Å². The fourth-order valence-electron chi connectivity index (χ4n) is 5.22. The van der Waals surface area contributed by atoms with Crippen molar-refractivity contribution in [3.8, 4) is 23.0 Å². The Balaban J connectivity index is 0.000000460. The number of phenolic OH excluding ortho intramolecular Hbond substituents is 4. The van der Waals surface area contributed by atoms with Gasteiger partial charge in [-0.3, -0.25) is 19.2 Å². The van der Waals surface area contributed by atoms with Gasteiger partial charge in [0.25, 0.3) is 0 Å². The molecule has 0 fully saturated rings. The Morgan fingerprint density at radius 2 is 1.02 bits per heavy atom. The van der Waals surface area contributed by atoms with Crippen molar-refractivity contribution in [3.05, 3.63) is 141 Å². The van der Waals surface area contributed by atoms with Gasteiger partial charge in [-0.25, -0.2) is 9.59 Å². The molecule has 0 spiro atoms. The number of aromatic hydroxyl groups is 4. The molecule has 13 nitrogen and oxygen atoms in total. The number of hydrogen-bond acceptors (Lipinski definition) is 12. The van der Waals surface area contributed by atoms with E-state index in [4.69, 9.17) is 14.9 Å². The molecule has 6 N–H and O–H groups in total. The van der Waals surface area contributed by atoms with Crippen LogP contribution in [-0.4, -0.2) is 78.9 Å². The molecule has 304 valence electrons. The van der Waals surface area contributed by atoms with Gasteiger partial charge in [0.2, 0.25) is 11.6 Å². The van der Waals surface area contributed by atoms with Crippen molar-refractivity contribution in [2.45, 2.75) is 13.8 Å². The molecule has 2 aliphatic rings. The zero-order valence-electron chi connectivity index (χ0n) is 29.3. The summed E-state index contributed by atoms with van der Waals surface area (Å²) in [6, 6.07) is 12.4. The first-order valence-electron chi connectivity index (χ1n) is 15.5. The predicted octanol–water partition coefficient (Wildman–Crippen LogP) is 5.90.